The molecule has 0 radical (unpaired) electrons. The Morgan fingerprint density at radius 3 is 3.00 bits per heavy atom. The van der Waals surface area contributed by atoms with Crippen molar-refractivity contribution >= 4 is 0 Å². The molecule has 0 aromatic carbocycles. The van der Waals surface area contributed by atoms with Gasteiger partial charge in [0.2, 0.25) is 0 Å². The minimum absolute atomic E-state index is 0.264. The molecule has 3 heteroatoms. The van der Waals surface area contributed by atoms with Gasteiger partial charge in [0, 0.05) is 6.61 Å². The van der Waals surface area contributed by atoms with E-state index in [2.05, 4.69) is 5.32 Å². The lowest BCUT2D eigenvalue weighted by atomic mass is 9.97. The molecule has 1 atom stereocenters. The molecule has 0 saturated carbocycles. The van der Waals surface area contributed by atoms with Crippen molar-refractivity contribution < 1.29 is 9.13 Å². The van der Waals surface area contributed by atoms with Gasteiger partial charge in [-0.3, -0.25) is 0 Å². The van der Waals surface area contributed by atoms with Gasteiger partial charge < -0.3 is 10.1 Å². The van der Waals surface area contributed by atoms with Crippen molar-refractivity contribution in [3.63, 3.8) is 0 Å². The number of halogens is 1. The van der Waals surface area contributed by atoms with Gasteiger partial charge in [0.1, 0.15) is 6.67 Å². The van der Waals surface area contributed by atoms with E-state index in [0.717, 1.165) is 32.0 Å². The summed E-state index contributed by atoms with van der Waals surface area (Å²) >= 11 is 0. The maximum Gasteiger partial charge on any atom is 0.113 e. The molecule has 0 aromatic rings. The van der Waals surface area contributed by atoms with Crippen LogP contribution in [0.3, 0.4) is 0 Å². The average molecular weight is 175 g/mol. The van der Waals surface area contributed by atoms with Crippen LogP contribution in [0.1, 0.15) is 19.3 Å². The Balaban J connectivity index is 1.91. The van der Waals surface area contributed by atoms with E-state index in [0.29, 0.717) is 0 Å². The van der Waals surface area contributed by atoms with Crippen LogP contribution >= 0.6 is 0 Å². The number of hydrogen-bond acceptors (Lipinski definition) is 2. The topological polar surface area (TPSA) is 21.3 Å². The first-order valence-corrected chi connectivity index (χ1v) is 4.78. The molecule has 1 heterocycles. The van der Waals surface area contributed by atoms with Crippen LogP contribution in [0.15, 0.2) is 0 Å². The van der Waals surface area contributed by atoms with E-state index in [1.54, 1.807) is 0 Å². The molecule has 0 spiro atoms. The fraction of sp³-hybridized carbons (Fsp3) is 1.00. The van der Waals surface area contributed by atoms with Gasteiger partial charge in [-0.1, -0.05) is 0 Å². The molecule has 12 heavy (non-hydrogen) atoms. The third-order valence-electron chi connectivity index (χ3n) is 2.29. The predicted molar refractivity (Wildman–Crippen MR) is 47.0 cm³/mol. The van der Waals surface area contributed by atoms with Gasteiger partial charge in [-0.2, -0.15) is 0 Å². The van der Waals surface area contributed by atoms with Crippen LogP contribution in [0, 0.1) is 5.92 Å². The summed E-state index contributed by atoms with van der Waals surface area (Å²) in [5, 5.41) is 3.35. The van der Waals surface area contributed by atoms with E-state index in [4.69, 9.17) is 4.74 Å². The molecule has 0 aliphatic carbocycles. The summed E-state index contributed by atoms with van der Waals surface area (Å²) in [6.45, 7) is 2.89. The molecule has 1 aliphatic heterocycles. The van der Waals surface area contributed by atoms with Crippen LogP contribution in [0.25, 0.3) is 0 Å². The molecule has 72 valence electrons. The summed E-state index contributed by atoms with van der Waals surface area (Å²) in [4.78, 5) is 0. The standard InChI is InChI=1S/C9H18FNO/c10-4-7-12-6-3-9-2-1-5-11-8-9/h9,11H,1-8H2/t9-/m0/s1. The second-order valence-electron chi connectivity index (χ2n) is 3.30. The number of nitrogens with one attached hydrogen (secondary N) is 1. The molecule has 0 unspecified atom stereocenters. The summed E-state index contributed by atoms with van der Waals surface area (Å²) < 4.78 is 16.7. The Kier molecular flexibility index (Phi) is 5.28. The molecular weight excluding hydrogens is 157 g/mol. The van der Waals surface area contributed by atoms with Crippen LogP contribution in [0.2, 0.25) is 0 Å². The highest BCUT2D eigenvalue weighted by molar-refractivity contribution is 4.68. The molecule has 0 aromatic heterocycles. The smallest absolute Gasteiger partial charge is 0.113 e. The van der Waals surface area contributed by atoms with Crippen molar-refractivity contribution in [2.75, 3.05) is 33.0 Å². The maximum absolute atomic E-state index is 11.6. The van der Waals surface area contributed by atoms with Gasteiger partial charge in [0.05, 0.1) is 6.61 Å². The van der Waals surface area contributed by atoms with E-state index < -0.39 is 0 Å². The van der Waals surface area contributed by atoms with Crippen molar-refractivity contribution in [3.05, 3.63) is 0 Å². The summed E-state index contributed by atoms with van der Waals surface area (Å²) in [6.07, 6.45) is 3.65. The van der Waals surface area contributed by atoms with Gasteiger partial charge in [0.15, 0.2) is 0 Å². The zero-order valence-electron chi connectivity index (χ0n) is 7.52. The highest BCUT2D eigenvalue weighted by atomic mass is 19.1. The Morgan fingerprint density at radius 1 is 1.42 bits per heavy atom. The van der Waals surface area contributed by atoms with E-state index in [1.165, 1.54) is 12.8 Å². The zero-order chi connectivity index (χ0) is 8.65. The molecule has 1 N–H and O–H groups in total. The molecular formula is C9H18FNO. The fourth-order valence-electron chi connectivity index (χ4n) is 1.58. The quantitative estimate of drug-likeness (QED) is 0.637. The number of rotatable bonds is 5. The number of ether oxygens (including phenoxy) is 1. The van der Waals surface area contributed by atoms with E-state index in [-0.39, 0.29) is 13.3 Å². The summed E-state index contributed by atoms with van der Waals surface area (Å²) in [5.41, 5.74) is 0. The minimum Gasteiger partial charge on any atom is -0.379 e. The molecule has 1 saturated heterocycles. The first kappa shape index (κ1) is 9.93. The summed E-state index contributed by atoms with van der Waals surface area (Å²) in [7, 11) is 0. The van der Waals surface area contributed by atoms with Gasteiger partial charge in [-0.25, -0.2) is 4.39 Å². The lowest BCUT2D eigenvalue weighted by molar-refractivity contribution is 0.103. The largest absolute Gasteiger partial charge is 0.379 e. The van der Waals surface area contributed by atoms with Crippen molar-refractivity contribution in [2.45, 2.75) is 19.3 Å². The first-order chi connectivity index (χ1) is 5.93. The Morgan fingerprint density at radius 2 is 2.33 bits per heavy atom. The number of alkyl halides is 1. The monoisotopic (exact) mass is 175 g/mol. The molecule has 1 rings (SSSR count). The Bertz CT molecular complexity index is 105. The Labute approximate surface area is 73.5 Å². The van der Waals surface area contributed by atoms with Crippen LogP contribution < -0.4 is 5.32 Å². The SMILES string of the molecule is FCCOCC[C@@H]1CCCNC1. The van der Waals surface area contributed by atoms with Gasteiger partial charge in [0.25, 0.3) is 0 Å². The van der Waals surface area contributed by atoms with Gasteiger partial charge in [-0.05, 0) is 38.3 Å². The van der Waals surface area contributed by atoms with Crippen LogP contribution in [0.5, 0.6) is 0 Å². The fourth-order valence-corrected chi connectivity index (χ4v) is 1.58. The second kappa shape index (κ2) is 6.38. The second-order valence-corrected chi connectivity index (χ2v) is 3.30. The van der Waals surface area contributed by atoms with Crippen LogP contribution in [-0.4, -0.2) is 33.0 Å². The first-order valence-electron chi connectivity index (χ1n) is 4.78. The Hall–Kier alpha value is -0.150. The highest BCUT2D eigenvalue weighted by Crippen LogP contribution is 2.13. The lowest BCUT2D eigenvalue weighted by Crippen LogP contribution is -2.30. The maximum atomic E-state index is 11.6. The third-order valence-corrected chi connectivity index (χ3v) is 2.29. The van der Waals surface area contributed by atoms with E-state index in [1.807, 2.05) is 0 Å². The van der Waals surface area contributed by atoms with Crippen molar-refractivity contribution in [2.24, 2.45) is 5.92 Å². The normalized spacial score (nSPS) is 24.2. The average Bonchev–Trinajstić information content (AvgIpc) is 2.14. The van der Waals surface area contributed by atoms with Crippen molar-refractivity contribution in [1.29, 1.82) is 0 Å². The lowest BCUT2D eigenvalue weighted by Gasteiger charge is -2.22. The van der Waals surface area contributed by atoms with Crippen molar-refractivity contribution in [3.8, 4) is 0 Å². The van der Waals surface area contributed by atoms with E-state index >= 15 is 0 Å². The highest BCUT2D eigenvalue weighted by Gasteiger charge is 2.11. The summed E-state index contributed by atoms with van der Waals surface area (Å²) in [6, 6.07) is 0. The van der Waals surface area contributed by atoms with Gasteiger partial charge >= 0.3 is 0 Å². The van der Waals surface area contributed by atoms with Gasteiger partial charge in [-0.15, -0.1) is 0 Å². The zero-order valence-corrected chi connectivity index (χ0v) is 7.52. The third kappa shape index (κ3) is 4.02. The minimum atomic E-state index is -0.358. The molecule has 1 fully saturated rings. The number of hydrogen-bond donors (Lipinski definition) is 1. The predicted octanol–water partition coefficient (Wildman–Crippen LogP) is 1.36. The number of piperidine rings is 1. The summed E-state index contributed by atoms with van der Waals surface area (Å²) in [5.74, 6) is 0.748. The molecule has 0 bridgehead atoms. The van der Waals surface area contributed by atoms with E-state index in [9.17, 15) is 4.39 Å². The van der Waals surface area contributed by atoms with Crippen LogP contribution in [0.4, 0.5) is 4.39 Å². The molecule has 0 amide bonds. The molecule has 1 aliphatic rings. The van der Waals surface area contributed by atoms with Crippen molar-refractivity contribution in [1.82, 2.24) is 5.32 Å². The molecule has 2 nitrogen and oxygen atoms in total. The van der Waals surface area contributed by atoms with Crippen LogP contribution in [-0.2, 0) is 4.74 Å².